The Labute approximate surface area is 195 Å². The molecule has 2 aromatic heterocycles. The number of nitrogens with one attached hydrogen (secondary N) is 1. The number of rotatable bonds is 3. The van der Waals surface area contributed by atoms with E-state index in [4.69, 9.17) is 0 Å². The Kier molecular flexibility index (Phi) is 4.41. The molecule has 1 fully saturated rings. The van der Waals surface area contributed by atoms with Crippen molar-refractivity contribution in [3.8, 4) is 22.4 Å². The molecule has 2 aromatic carbocycles. The molecule has 0 unspecified atom stereocenters. The van der Waals surface area contributed by atoms with Gasteiger partial charge in [0.1, 0.15) is 6.04 Å². The largest absolute Gasteiger partial charge is 0.334 e. The Balaban J connectivity index is 1.37. The fourth-order valence-corrected chi connectivity index (χ4v) is 5.01. The van der Waals surface area contributed by atoms with E-state index in [0.717, 1.165) is 39.0 Å². The SMILES string of the molecule is Cn1ncc(-c2ccc3c(c2)CN([C@H]2CCC(=O)NC2=O)C3=O)c1-c1ccc2ncn(C)c2c1. The fraction of sp³-hybridized carbons (Fsp3) is 0.240. The summed E-state index contributed by atoms with van der Waals surface area (Å²) in [6.45, 7) is 0.338. The van der Waals surface area contributed by atoms with Crippen molar-refractivity contribution in [2.75, 3.05) is 0 Å². The van der Waals surface area contributed by atoms with Gasteiger partial charge in [-0.05, 0) is 41.8 Å². The highest BCUT2D eigenvalue weighted by Crippen LogP contribution is 2.36. The molecule has 1 saturated heterocycles. The average Bonchev–Trinajstić information content (AvgIpc) is 3.49. The van der Waals surface area contributed by atoms with E-state index < -0.39 is 11.9 Å². The maximum Gasteiger partial charge on any atom is 0.255 e. The highest BCUT2D eigenvalue weighted by atomic mass is 16.2. The number of carbonyl (C=O) groups is 3. The van der Waals surface area contributed by atoms with Gasteiger partial charge in [0, 0.05) is 43.8 Å². The van der Waals surface area contributed by atoms with Gasteiger partial charge in [-0.2, -0.15) is 5.10 Å². The number of imide groups is 1. The number of imidazole rings is 1. The Morgan fingerprint density at radius 3 is 2.65 bits per heavy atom. The first-order chi connectivity index (χ1) is 16.4. The number of hydrogen-bond donors (Lipinski definition) is 1. The standard InChI is InChI=1S/C25H22N6O3/c1-29-13-26-19-6-4-15(10-21(19)29)23-18(11-27-30(23)2)14-3-5-17-16(9-14)12-31(25(17)34)20-7-8-22(32)28-24(20)33/h3-6,9-11,13,20H,7-8,12H2,1-2H3,(H,28,32,33)/t20-/m0/s1. The topological polar surface area (TPSA) is 102 Å². The van der Waals surface area contributed by atoms with E-state index in [0.29, 0.717) is 18.5 Å². The second kappa shape index (κ2) is 7.38. The van der Waals surface area contributed by atoms with Crippen molar-refractivity contribution in [2.24, 2.45) is 14.1 Å². The lowest BCUT2D eigenvalue weighted by Crippen LogP contribution is -2.52. The van der Waals surface area contributed by atoms with Crippen LogP contribution in [0.3, 0.4) is 0 Å². The highest BCUT2D eigenvalue weighted by Gasteiger charge is 2.39. The van der Waals surface area contributed by atoms with Crippen LogP contribution < -0.4 is 5.32 Å². The number of aromatic nitrogens is 4. The first-order valence-electron chi connectivity index (χ1n) is 11.1. The summed E-state index contributed by atoms with van der Waals surface area (Å²) in [6, 6.07) is 11.3. The maximum absolute atomic E-state index is 13.0. The Bertz CT molecular complexity index is 1510. The molecular weight excluding hydrogens is 432 g/mol. The molecule has 0 spiro atoms. The molecule has 9 heteroatoms. The molecule has 34 heavy (non-hydrogen) atoms. The third-order valence-corrected chi connectivity index (χ3v) is 6.77. The van der Waals surface area contributed by atoms with Crippen molar-refractivity contribution in [2.45, 2.75) is 25.4 Å². The average molecular weight is 454 g/mol. The summed E-state index contributed by atoms with van der Waals surface area (Å²) in [6.07, 6.45) is 4.21. The zero-order valence-corrected chi connectivity index (χ0v) is 18.8. The van der Waals surface area contributed by atoms with E-state index >= 15 is 0 Å². The maximum atomic E-state index is 13.0. The van der Waals surface area contributed by atoms with Crippen LogP contribution in [0.5, 0.6) is 0 Å². The molecule has 0 aliphatic carbocycles. The number of hydrogen-bond acceptors (Lipinski definition) is 5. The van der Waals surface area contributed by atoms with E-state index in [2.05, 4.69) is 21.5 Å². The molecule has 9 nitrogen and oxygen atoms in total. The first-order valence-corrected chi connectivity index (χ1v) is 11.1. The van der Waals surface area contributed by atoms with Crippen molar-refractivity contribution in [1.82, 2.24) is 29.5 Å². The van der Waals surface area contributed by atoms with Gasteiger partial charge in [0.25, 0.3) is 5.91 Å². The predicted octanol–water partition coefficient (Wildman–Crippen LogP) is 2.40. The summed E-state index contributed by atoms with van der Waals surface area (Å²) in [5.41, 5.74) is 7.31. The van der Waals surface area contributed by atoms with Crippen LogP contribution >= 0.6 is 0 Å². The van der Waals surface area contributed by atoms with E-state index in [-0.39, 0.29) is 18.2 Å². The predicted molar refractivity (Wildman–Crippen MR) is 124 cm³/mol. The minimum absolute atomic E-state index is 0.177. The van der Waals surface area contributed by atoms with Gasteiger partial charge < -0.3 is 9.47 Å². The molecule has 6 rings (SSSR count). The minimum atomic E-state index is -0.624. The molecule has 4 aromatic rings. The zero-order valence-electron chi connectivity index (χ0n) is 18.8. The summed E-state index contributed by atoms with van der Waals surface area (Å²) in [4.78, 5) is 42.8. The molecule has 170 valence electrons. The number of aryl methyl sites for hydroxylation is 2. The van der Waals surface area contributed by atoms with Crippen molar-refractivity contribution in [3.05, 3.63) is 60.0 Å². The van der Waals surface area contributed by atoms with Crippen molar-refractivity contribution < 1.29 is 14.4 Å². The Morgan fingerprint density at radius 2 is 1.82 bits per heavy atom. The highest BCUT2D eigenvalue weighted by molar-refractivity contribution is 6.05. The van der Waals surface area contributed by atoms with Crippen LogP contribution in [-0.2, 0) is 30.2 Å². The third-order valence-electron chi connectivity index (χ3n) is 6.77. The van der Waals surface area contributed by atoms with Gasteiger partial charge in [-0.1, -0.05) is 12.1 Å². The fourth-order valence-electron chi connectivity index (χ4n) is 5.01. The van der Waals surface area contributed by atoms with Crippen molar-refractivity contribution in [3.63, 3.8) is 0 Å². The van der Waals surface area contributed by atoms with Crippen molar-refractivity contribution >= 4 is 28.8 Å². The van der Waals surface area contributed by atoms with Gasteiger partial charge in [0.05, 0.1) is 29.3 Å². The quantitative estimate of drug-likeness (QED) is 0.479. The van der Waals surface area contributed by atoms with Gasteiger partial charge in [0.15, 0.2) is 0 Å². The zero-order chi connectivity index (χ0) is 23.6. The monoisotopic (exact) mass is 454 g/mol. The van der Waals surface area contributed by atoms with E-state index in [1.807, 2.05) is 59.9 Å². The summed E-state index contributed by atoms with van der Waals surface area (Å²) in [5, 5.41) is 6.85. The summed E-state index contributed by atoms with van der Waals surface area (Å²) >= 11 is 0. The number of piperidine rings is 1. The molecule has 1 atom stereocenters. The van der Waals surface area contributed by atoms with E-state index in [1.165, 1.54) is 0 Å². The van der Waals surface area contributed by atoms with Gasteiger partial charge in [-0.25, -0.2) is 4.98 Å². The van der Waals surface area contributed by atoms with Crippen LogP contribution in [0.15, 0.2) is 48.9 Å². The van der Waals surface area contributed by atoms with Crippen LogP contribution in [-0.4, -0.2) is 48.0 Å². The number of benzene rings is 2. The molecular formula is C25H22N6O3. The lowest BCUT2D eigenvalue weighted by Gasteiger charge is -2.29. The number of nitrogens with zero attached hydrogens (tertiary/aromatic N) is 5. The lowest BCUT2D eigenvalue weighted by atomic mass is 9.98. The second-order valence-corrected chi connectivity index (χ2v) is 8.86. The molecule has 3 amide bonds. The molecule has 4 heterocycles. The Morgan fingerprint density at radius 1 is 1.00 bits per heavy atom. The molecule has 2 aliphatic heterocycles. The molecule has 2 aliphatic rings. The van der Waals surface area contributed by atoms with Crippen LogP contribution in [0, 0.1) is 0 Å². The van der Waals surface area contributed by atoms with Crippen LogP contribution in [0.2, 0.25) is 0 Å². The summed E-state index contributed by atoms with van der Waals surface area (Å²) in [7, 11) is 3.88. The van der Waals surface area contributed by atoms with E-state index in [1.54, 1.807) is 11.2 Å². The van der Waals surface area contributed by atoms with Gasteiger partial charge in [-0.15, -0.1) is 0 Å². The third kappa shape index (κ3) is 3.04. The molecule has 0 saturated carbocycles. The lowest BCUT2D eigenvalue weighted by molar-refractivity contribution is -0.136. The van der Waals surface area contributed by atoms with Gasteiger partial charge in [0.2, 0.25) is 11.8 Å². The molecule has 0 radical (unpaired) electrons. The summed E-state index contributed by atoms with van der Waals surface area (Å²) in [5.74, 6) is -0.872. The first kappa shape index (κ1) is 20.3. The van der Waals surface area contributed by atoms with Gasteiger partial charge >= 0.3 is 0 Å². The minimum Gasteiger partial charge on any atom is -0.334 e. The second-order valence-electron chi connectivity index (χ2n) is 8.86. The molecule has 0 bridgehead atoms. The number of amides is 3. The molecule has 1 N–H and O–H groups in total. The Hall–Kier alpha value is -4.27. The van der Waals surface area contributed by atoms with Crippen LogP contribution in [0.1, 0.15) is 28.8 Å². The smallest absolute Gasteiger partial charge is 0.255 e. The number of fused-ring (bicyclic) bond motifs is 2. The van der Waals surface area contributed by atoms with Crippen molar-refractivity contribution in [1.29, 1.82) is 0 Å². The van der Waals surface area contributed by atoms with E-state index in [9.17, 15) is 14.4 Å². The van der Waals surface area contributed by atoms with Crippen LogP contribution in [0.4, 0.5) is 0 Å². The van der Waals surface area contributed by atoms with Crippen LogP contribution in [0.25, 0.3) is 33.4 Å². The normalized spacial score (nSPS) is 18.0. The van der Waals surface area contributed by atoms with Gasteiger partial charge in [-0.3, -0.25) is 24.4 Å². The number of carbonyl (C=O) groups excluding carboxylic acids is 3. The summed E-state index contributed by atoms with van der Waals surface area (Å²) < 4.78 is 3.83.